The molecule has 1 aromatic carbocycles. The maximum atomic E-state index is 5.19. The van der Waals surface area contributed by atoms with Crippen molar-refractivity contribution in [2.75, 3.05) is 7.11 Å². The van der Waals surface area contributed by atoms with Crippen molar-refractivity contribution >= 4 is 5.52 Å². The van der Waals surface area contributed by atoms with E-state index in [1.54, 1.807) is 7.11 Å². The molecule has 0 bridgehead atoms. The lowest BCUT2D eigenvalue weighted by Crippen LogP contribution is -1.87. The number of methoxy groups -OCH3 is 1. The quantitative estimate of drug-likeness (QED) is 0.658. The van der Waals surface area contributed by atoms with Crippen LogP contribution in [0.25, 0.3) is 16.8 Å². The van der Waals surface area contributed by atoms with Gasteiger partial charge in [-0.3, -0.25) is 0 Å². The van der Waals surface area contributed by atoms with E-state index in [0.29, 0.717) is 0 Å². The third-order valence-electron chi connectivity index (χ3n) is 3.26. The number of aryl methyl sites for hydroxylation is 1. The molecule has 0 radical (unpaired) electrons. The molecule has 0 aliphatic heterocycles. The lowest BCUT2D eigenvalue weighted by molar-refractivity contribution is 0.415. The summed E-state index contributed by atoms with van der Waals surface area (Å²) in [5.41, 5.74) is 4.96. The Morgan fingerprint density at radius 3 is 2.50 bits per heavy atom. The summed E-state index contributed by atoms with van der Waals surface area (Å²) in [6, 6.07) is 16.7. The van der Waals surface area contributed by atoms with Crippen LogP contribution in [-0.2, 0) is 0 Å². The molecule has 2 nitrogen and oxygen atoms in total. The first-order valence-electron chi connectivity index (χ1n) is 6.01. The standard InChI is InChI=1S/C16H15NO/c1-12-11-16(17-10-4-3-5-15(12)17)13-6-8-14(18-2)9-7-13/h3-11H,1-2H3. The Morgan fingerprint density at radius 2 is 1.78 bits per heavy atom. The van der Waals surface area contributed by atoms with Crippen molar-refractivity contribution in [3.05, 3.63) is 60.3 Å². The fourth-order valence-electron chi connectivity index (χ4n) is 2.31. The van der Waals surface area contributed by atoms with Crippen LogP contribution >= 0.6 is 0 Å². The van der Waals surface area contributed by atoms with Crippen LogP contribution < -0.4 is 4.74 Å². The molecule has 18 heavy (non-hydrogen) atoms. The molecule has 2 aromatic heterocycles. The van der Waals surface area contributed by atoms with Crippen LogP contribution in [0, 0.1) is 6.92 Å². The van der Waals surface area contributed by atoms with Crippen LogP contribution in [0.3, 0.4) is 0 Å². The van der Waals surface area contributed by atoms with E-state index in [4.69, 9.17) is 4.74 Å². The monoisotopic (exact) mass is 237 g/mol. The van der Waals surface area contributed by atoms with Crippen LogP contribution in [0.1, 0.15) is 5.56 Å². The summed E-state index contributed by atoms with van der Waals surface area (Å²) in [5, 5.41) is 0. The largest absolute Gasteiger partial charge is 0.497 e. The smallest absolute Gasteiger partial charge is 0.118 e. The van der Waals surface area contributed by atoms with Crippen molar-refractivity contribution < 1.29 is 4.74 Å². The number of fused-ring (bicyclic) bond motifs is 1. The molecule has 0 aliphatic carbocycles. The third-order valence-corrected chi connectivity index (χ3v) is 3.26. The molecule has 0 aliphatic rings. The number of pyridine rings is 1. The molecule has 3 aromatic rings. The van der Waals surface area contributed by atoms with E-state index in [9.17, 15) is 0 Å². The van der Waals surface area contributed by atoms with Gasteiger partial charge in [0.25, 0.3) is 0 Å². The highest BCUT2D eigenvalue weighted by Crippen LogP contribution is 2.27. The summed E-state index contributed by atoms with van der Waals surface area (Å²) in [4.78, 5) is 0. The highest BCUT2D eigenvalue weighted by molar-refractivity contribution is 5.71. The number of hydrogen-bond donors (Lipinski definition) is 0. The Kier molecular flexibility index (Phi) is 2.56. The zero-order chi connectivity index (χ0) is 12.5. The zero-order valence-electron chi connectivity index (χ0n) is 10.6. The van der Waals surface area contributed by atoms with Crippen molar-refractivity contribution in [2.24, 2.45) is 0 Å². The van der Waals surface area contributed by atoms with Crippen molar-refractivity contribution in [1.29, 1.82) is 0 Å². The molecule has 0 saturated carbocycles. The summed E-state index contributed by atoms with van der Waals surface area (Å²) < 4.78 is 7.41. The molecule has 3 rings (SSSR count). The number of nitrogens with zero attached hydrogens (tertiary/aromatic N) is 1. The maximum Gasteiger partial charge on any atom is 0.118 e. The van der Waals surface area contributed by atoms with Gasteiger partial charge < -0.3 is 9.14 Å². The van der Waals surface area contributed by atoms with Crippen molar-refractivity contribution in [3.63, 3.8) is 0 Å². The Labute approximate surface area is 106 Å². The van der Waals surface area contributed by atoms with Gasteiger partial charge in [0.2, 0.25) is 0 Å². The van der Waals surface area contributed by atoms with Gasteiger partial charge in [-0.15, -0.1) is 0 Å². The SMILES string of the molecule is COc1ccc(-c2cc(C)c3ccccn23)cc1. The normalized spacial score (nSPS) is 10.8. The van der Waals surface area contributed by atoms with Crippen LogP contribution in [0.5, 0.6) is 5.75 Å². The van der Waals surface area contributed by atoms with Gasteiger partial charge in [0, 0.05) is 11.7 Å². The van der Waals surface area contributed by atoms with Crippen molar-refractivity contribution in [1.82, 2.24) is 4.40 Å². The van der Waals surface area contributed by atoms with Crippen molar-refractivity contribution in [2.45, 2.75) is 6.92 Å². The molecular weight excluding hydrogens is 222 g/mol. The van der Waals surface area contributed by atoms with Gasteiger partial charge >= 0.3 is 0 Å². The second-order valence-electron chi connectivity index (χ2n) is 4.40. The molecule has 0 unspecified atom stereocenters. The average Bonchev–Trinajstić information content (AvgIpc) is 2.77. The van der Waals surface area contributed by atoms with Crippen LogP contribution in [-0.4, -0.2) is 11.5 Å². The molecule has 2 heterocycles. The first-order valence-corrected chi connectivity index (χ1v) is 6.01. The van der Waals surface area contributed by atoms with Gasteiger partial charge in [-0.1, -0.05) is 6.07 Å². The van der Waals surface area contributed by atoms with E-state index in [-0.39, 0.29) is 0 Å². The minimum atomic E-state index is 0.885. The lowest BCUT2D eigenvalue weighted by Gasteiger charge is -2.04. The first-order chi connectivity index (χ1) is 8.79. The molecule has 2 heteroatoms. The fraction of sp³-hybridized carbons (Fsp3) is 0.125. The number of ether oxygens (including phenoxy) is 1. The molecule has 0 atom stereocenters. The summed E-state index contributed by atoms with van der Waals surface area (Å²) in [6.07, 6.45) is 2.10. The molecule has 0 saturated heterocycles. The van der Waals surface area contributed by atoms with E-state index in [0.717, 1.165) is 5.75 Å². The highest BCUT2D eigenvalue weighted by Gasteiger charge is 2.07. The highest BCUT2D eigenvalue weighted by atomic mass is 16.5. The second kappa shape index (κ2) is 4.22. The van der Waals surface area contributed by atoms with Crippen LogP contribution in [0.15, 0.2) is 54.7 Å². The van der Waals surface area contributed by atoms with E-state index >= 15 is 0 Å². The predicted octanol–water partition coefficient (Wildman–Crippen LogP) is 3.92. The third kappa shape index (κ3) is 1.66. The minimum Gasteiger partial charge on any atom is -0.497 e. The van der Waals surface area contributed by atoms with E-state index in [2.05, 4.69) is 53.9 Å². The Morgan fingerprint density at radius 1 is 1.00 bits per heavy atom. The Bertz CT molecular complexity index is 680. The molecule has 0 amide bonds. The van der Waals surface area contributed by atoms with Crippen molar-refractivity contribution in [3.8, 4) is 17.0 Å². The molecular formula is C16H15NO. The maximum absolute atomic E-state index is 5.19. The van der Waals surface area contributed by atoms with Gasteiger partial charge in [-0.05, 0) is 60.5 Å². The van der Waals surface area contributed by atoms with E-state index in [1.165, 1.54) is 22.3 Å². The van der Waals surface area contributed by atoms with Crippen LogP contribution in [0.2, 0.25) is 0 Å². The fourth-order valence-corrected chi connectivity index (χ4v) is 2.31. The summed E-state index contributed by atoms with van der Waals surface area (Å²) in [5.74, 6) is 0.885. The van der Waals surface area contributed by atoms with E-state index < -0.39 is 0 Å². The summed E-state index contributed by atoms with van der Waals surface area (Å²) >= 11 is 0. The molecule has 0 spiro atoms. The van der Waals surface area contributed by atoms with Gasteiger partial charge in [-0.25, -0.2) is 0 Å². The van der Waals surface area contributed by atoms with Gasteiger partial charge in [-0.2, -0.15) is 0 Å². The summed E-state index contributed by atoms with van der Waals surface area (Å²) in [7, 11) is 1.69. The minimum absolute atomic E-state index is 0.885. The molecule has 0 fully saturated rings. The number of rotatable bonds is 2. The second-order valence-corrected chi connectivity index (χ2v) is 4.40. The Balaban J connectivity index is 2.18. The first kappa shape index (κ1) is 10.9. The molecule has 90 valence electrons. The van der Waals surface area contributed by atoms with Gasteiger partial charge in [0.15, 0.2) is 0 Å². The number of aromatic nitrogens is 1. The van der Waals surface area contributed by atoms with E-state index in [1.807, 2.05) is 12.1 Å². The average molecular weight is 237 g/mol. The summed E-state index contributed by atoms with van der Waals surface area (Å²) in [6.45, 7) is 2.14. The van der Waals surface area contributed by atoms with Gasteiger partial charge in [0.05, 0.1) is 12.8 Å². The predicted molar refractivity (Wildman–Crippen MR) is 74.1 cm³/mol. The number of benzene rings is 1. The number of hydrogen-bond acceptors (Lipinski definition) is 1. The zero-order valence-corrected chi connectivity index (χ0v) is 10.6. The van der Waals surface area contributed by atoms with Crippen LogP contribution in [0.4, 0.5) is 0 Å². The lowest BCUT2D eigenvalue weighted by atomic mass is 10.1. The topological polar surface area (TPSA) is 13.6 Å². The van der Waals surface area contributed by atoms with Gasteiger partial charge in [0.1, 0.15) is 5.75 Å². The molecule has 0 N–H and O–H groups in total. The Hall–Kier alpha value is -2.22.